The Morgan fingerprint density at radius 1 is 0.600 bits per heavy atom. The highest BCUT2D eigenvalue weighted by molar-refractivity contribution is 5.87. The summed E-state index contributed by atoms with van der Waals surface area (Å²) in [7, 11) is 0. The quantitative estimate of drug-likeness (QED) is 0.0659. The second-order valence-electron chi connectivity index (χ2n) is 23.6. The number of allylic oxidation sites excluding steroid dienone is 1. The van der Waals surface area contributed by atoms with Crippen molar-refractivity contribution in [1.29, 1.82) is 0 Å². The zero-order valence-electron chi connectivity index (χ0n) is 42.9. The van der Waals surface area contributed by atoms with Gasteiger partial charge in [0.25, 0.3) is 0 Å². The highest BCUT2D eigenvalue weighted by Crippen LogP contribution is 2.69. The third-order valence-electron chi connectivity index (χ3n) is 19.4. The molecule has 0 bridgehead atoms. The summed E-state index contributed by atoms with van der Waals surface area (Å²) < 4.78 is 53.4. The van der Waals surface area contributed by atoms with Crippen molar-refractivity contribution in [2.24, 2.45) is 46.3 Å². The van der Waals surface area contributed by atoms with Gasteiger partial charge in [0.2, 0.25) is 0 Å². The van der Waals surface area contributed by atoms with Gasteiger partial charge in [-0.05, 0) is 92.4 Å². The molecule has 0 radical (unpaired) electrons. The second-order valence-corrected chi connectivity index (χ2v) is 23.6. The summed E-state index contributed by atoms with van der Waals surface area (Å²) in [6, 6.07) is 0. The lowest BCUT2D eigenvalue weighted by atomic mass is 9.44. The molecular formula is C51H82O24. The smallest absolute Gasteiger partial charge is 0.187 e. The third-order valence-corrected chi connectivity index (χ3v) is 19.4. The molecule has 4 saturated carbocycles. The number of Topliss-reactive ketones (excluding diaryl/α,β-unsaturated/α-hetero) is 1. The van der Waals surface area contributed by atoms with Gasteiger partial charge in [0.1, 0.15) is 110 Å². The number of rotatable bonds is 16. The Bertz CT molecular complexity index is 1980. The van der Waals surface area contributed by atoms with E-state index in [1.54, 1.807) is 0 Å². The molecule has 75 heavy (non-hydrogen) atoms. The molecule has 9 rings (SSSR count). The van der Waals surface area contributed by atoms with Crippen LogP contribution in [0.1, 0.15) is 85.5 Å². The SMILES string of the molecule is CC1=C(CCC(C)COC2OC(CO)C(O)C(O)C2O)OC2CC3C4CCC5CC(OC6OC(CO)C(OC7OC(CO)C(O)C(O)C7OC7OC(CO)C(O)C(O)C7O)C(O)C6O)CCC5(C)C4CC(=O)C3(C)C12. The Morgan fingerprint density at radius 3 is 1.77 bits per heavy atom. The molecule has 0 aromatic carbocycles. The van der Waals surface area contributed by atoms with Crippen LogP contribution in [0.25, 0.3) is 0 Å². The van der Waals surface area contributed by atoms with Crippen molar-refractivity contribution in [2.75, 3.05) is 33.0 Å². The fraction of sp³-hybridized carbons (Fsp3) is 0.941. The Kier molecular flexibility index (Phi) is 17.8. The van der Waals surface area contributed by atoms with Gasteiger partial charge in [-0.2, -0.15) is 0 Å². The molecule has 14 N–H and O–H groups in total. The maximum Gasteiger partial charge on any atom is 0.187 e. The maximum absolute atomic E-state index is 14.7. The highest BCUT2D eigenvalue weighted by atomic mass is 16.8. The molecule has 9 aliphatic rings. The lowest BCUT2D eigenvalue weighted by Crippen LogP contribution is -2.67. The van der Waals surface area contributed by atoms with Crippen LogP contribution in [0.3, 0.4) is 0 Å². The summed E-state index contributed by atoms with van der Waals surface area (Å²) in [5.41, 5.74) is 0.345. The Hall–Kier alpha value is -1.67. The van der Waals surface area contributed by atoms with Crippen LogP contribution in [-0.2, 0) is 47.4 Å². The van der Waals surface area contributed by atoms with Crippen LogP contribution < -0.4 is 0 Å². The van der Waals surface area contributed by atoms with Crippen molar-refractivity contribution in [3.05, 3.63) is 11.3 Å². The molecule has 5 aliphatic heterocycles. The minimum absolute atomic E-state index is 0.00169. The number of carbonyl (C=O) groups excluding carboxylic acids is 1. The maximum atomic E-state index is 14.7. The Balaban J connectivity index is 0.798. The fourth-order valence-corrected chi connectivity index (χ4v) is 14.9. The van der Waals surface area contributed by atoms with Crippen LogP contribution in [0.2, 0.25) is 0 Å². The first kappa shape index (κ1) is 58.0. The molecular weight excluding hydrogens is 997 g/mol. The molecule has 4 aliphatic carbocycles. The molecule has 30 unspecified atom stereocenters. The number of ether oxygens (including phenoxy) is 9. The number of fused-ring (bicyclic) bond motifs is 7. The van der Waals surface area contributed by atoms with Gasteiger partial charge in [-0.1, -0.05) is 20.8 Å². The summed E-state index contributed by atoms with van der Waals surface area (Å²) >= 11 is 0. The van der Waals surface area contributed by atoms with Gasteiger partial charge in [0.15, 0.2) is 25.2 Å². The average molecular weight is 1080 g/mol. The minimum Gasteiger partial charge on any atom is -0.494 e. The molecule has 5 heterocycles. The molecule has 430 valence electrons. The van der Waals surface area contributed by atoms with E-state index in [0.29, 0.717) is 38.0 Å². The van der Waals surface area contributed by atoms with Gasteiger partial charge in [0.05, 0.1) is 44.9 Å². The van der Waals surface area contributed by atoms with Gasteiger partial charge in [-0.15, -0.1) is 0 Å². The zero-order valence-corrected chi connectivity index (χ0v) is 42.9. The molecule has 0 amide bonds. The van der Waals surface area contributed by atoms with E-state index in [9.17, 15) is 76.3 Å². The van der Waals surface area contributed by atoms with Crippen molar-refractivity contribution in [3.8, 4) is 0 Å². The Morgan fingerprint density at radius 2 is 1.13 bits per heavy atom. The predicted octanol–water partition coefficient (Wildman–Crippen LogP) is -3.83. The third kappa shape index (κ3) is 10.4. The summed E-state index contributed by atoms with van der Waals surface area (Å²) in [4.78, 5) is 14.7. The first-order valence-corrected chi connectivity index (χ1v) is 26.9. The first-order valence-electron chi connectivity index (χ1n) is 26.9. The van der Waals surface area contributed by atoms with Crippen LogP contribution >= 0.6 is 0 Å². The van der Waals surface area contributed by atoms with E-state index in [0.717, 1.165) is 37.0 Å². The van der Waals surface area contributed by atoms with E-state index < -0.39 is 161 Å². The standard InChI is InChI=1S/C51H82O24/c1-19(18-67-46-41(64)37(60)34(57)28(14-52)70-46)5-8-26-20(2)33-27(69-26)12-25-23-7-6-21-11-22(9-10-50(21,3)24(23)13-32(56)51(25,33)4)68-47-43(66)40(63)44(31(17-55)73-47)74-49-45(39(62)36(59)30(16-54)72-49)75-48-42(65)38(61)35(58)29(15-53)71-48/h19,21-25,27-31,33-49,52-55,57-66H,5-18H2,1-4H3. The predicted molar refractivity (Wildman–Crippen MR) is 251 cm³/mol. The summed E-state index contributed by atoms with van der Waals surface area (Å²) in [5.74, 6) is 1.88. The van der Waals surface area contributed by atoms with Crippen LogP contribution in [0.5, 0.6) is 0 Å². The lowest BCUT2D eigenvalue weighted by molar-refractivity contribution is -0.390. The van der Waals surface area contributed by atoms with E-state index in [4.69, 9.17) is 42.6 Å². The van der Waals surface area contributed by atoms with Gasteiger partial charge in [-0.25, -0.2) is 0 Å². The van der Waals surface area contributed by atoms with Crippen LogP contribution in [0, 0.1) is 46.3 Å². The highest BCUT2D eigenvalue weighted by Gasteiger charge is 2.68. The molecule has 0 aromatic rings. The monoisotopic (exact) mass is 1080 g/mol. The van der Waals surface area contributed by atoms with Crippen LogP contribution in [0.4, 0.5) is 0 Å². The first-order chi connectivity index (χ1) is 35.6. The van der Waals surface area contributed by atoms with E-state index in [-0.39, 0.29) is 53.5 Å². The molecule has 0 spiro atoms. The van der Waals surface area contributed by atoms with Gasteiger partial charge >= 0.3 is 0 Å². The van der Waals surface area contributed by atoms with E-state index in [2.05, 4.69) is 20.8 Å². The van der Waals surface area contributed by atoms with Crippen molar-refractivity contribution in [3.63, 3.8) is 0 Å². The van der Waals surface area contributed by atoms with Gasteiger partial charge < -0.3 is 114 Å². The molecule has 24 heteroatoms. The normalized spacial score (nSPS) is 52.4. The fourth-order valence-electron chi connectivity index (χ4n) is 14.9. The summed E-state index contributed by atoms with van der Waals surface area (Å²) in [6.45, 7) is 5.80. The topological polar surface area (TPSA) is 383 Å². The number of hydrogen-bond acceptors (Lipinski definition) is 24. The van der Waals surface area contributed by atoms with Crippen molar-refractivity contribution in [1.82, 2.24) is 0 Å². The van der Waals surface area contributed by atoms with Gasteiger partial charge in [-0.3, -0.25) is 4.79 Å². The van der Waals surface area contributed by atoms with E-state index >= 15 is 0 Å². The zero-order chi connectivity index (χ0) is 54.2. The molecule has 30 atom stereocenters. The number of ketones is 1. The number of aliphatic hydroxyl groups excluding tert-OH is 14. The number of carbonyl (C=O) groups is 1. The lowest BCUT2D eigenvalue weighted by Gasteiger charge is -2.60. The molecule has 0 aromatic heterocycles. The molecule has 4 saturated heterocycles. The van der Waals surface area contributed by atoms with Crippen molar-refractivity contribution in [2.45, 2.75) is 221 Å². The van der Waals surface area contributed by atoms with Gasteiger partial charge in [0, 0.05) is 24.2 Å². The van der Waals surface area contributed by atoms with Crippen LogP contribution in [-0.4, -0.2) is 245 Å². The minimum atomic E-state index is -1.92. The van der Waals surface area contributed by atoms with Crippen molar-refractivity contribution >= 4 is 5.78 Å². The molecule has 24 nitrogen and oxygen atoms in total. The second kappa shape index (κ2) is 23.1. The number of hydrogen-bond donors (Lipinski definition) is 14. The Labute approximate surface area is 435 Å². The van der Waals surface area contributed by atoms with Crippen LogP contribution in [0.15, 0.2) is 11.3 Å². The van der Waals surface area contributed by atoms with E-state index in [1.165, 1.54) is 0 Å². The number of aliphatic hydroxyl groups is 14. The summed E-state index contributed by atoms with van der Waals surface area (Å²) in [5, 5.41) is 147. The average Bonchev–Trinajstić information content (AvgIpc) is 3.89. The van der Waals surface area contributed by atoms with E-state index in [1.807, 2.05) is 6.92 Å². The van der Waals surface area contributed by atoms with Crippen molar-refractivity contribution < 1.29 is 119 Å². The summed E-state index contributed by atoms with van der Waals surface area (Å²) in [6.07, 6.45) is -26.4. The largest absolute Gasteiger partial charge is 0.494 e. The molecule has 8 fully saturated rings.